The zero-order valence-electron chi connectivity index (χ0n) is 15.3. The van der Waals surface area contributed by atoms with Crippen molar-refractivity contribution in [2.45, 2.75) is 46.0 Å². The minimum absolute atomic E-state index is 0.652. The molecule has 0 radical (unpaired) electrons. The zero-order chi connectivity index (χ0) is 17.1. The molecule has 0 N–H and O–H groups in total. The predicted molar refractivity (Wildman–Crippen MR) is 98.9 cm³/mol. The highest BCUT2D eigenvalue weighted by molar-refractivity contribution is 5.34. The van der Waals surface area contributed by atoms with Gasteiger partial charge in [-0.2, -0.15) is 0 Å². The van der Waals surface area contributed by atoms with Crippen LogP contribution in [0.2, 0.25) is 0 Å². The first-order valence-electron chi connectivity index (χ1n) is 8.63. The molecular weight excluding hydrogens is 282 g/mol. The fourth-order valence-electron chi connectivity index (χ4n) is 3.10. The molecule has 126 valence electrons. The van der Waals surface area contributed by atoms with Crippen LogP contribution in [0.4, 0.5) is 0 Å². The predicted octanol–water partition coefficient (Wildman–Crippen LogP) is 5.28. The van der Waals surface area contributed by atoms with Gasteiger partial charge in [0.15, 0.2) is 0 Å². The molecule has 2 unspecified atom stereocenters. The highest BCUT2D eigenvalue weighted by Gasteiger charge is 2.26. The summed E-state index contributed by atoms with van der Waals surface area (Å²) in [6, 6.07) is 13.2. The monoisotopic (exact) mass is 313 g/mol. The Hall–Kier alpha value is -1.67. The minimum atomic E-state index is 0.652. The van der Waals surface area contributed by atoms with Crippen LogP contribution < -0.4 is 0 Å². The number of aromatic nitrogens is 1. The number of fused-ring (bicyclic) bond motifs is 1. The van der Waals surface area contributed by atoms with Gasteiger partial charge in [-0.1, -0.05) is 51.1 Å². The largest absolute Gasteiger partial charge is 0.388 e. The number of nitrogens with zero attached hydrogens (tertiary/aromatic N) is 1. The molecule has 0 amide bonds. The first-order valence-corrected chi connectivity index (χ1v) is 8.63. The summed E-state index contributed by atoms with van der Waals surface area (Å²) in [6.07, 6.45) is 7.51. The summed E-state index contributed by atoms with van der Waals surface area (Å²) < 4.78 is 4.25. The normalized spacial score (nSPS) is 18.7. The van der Waals surface area contributed by atoms with Gasteiger partial charge in [0, 0.05) is 26.6 Å². The second-order valence-corrected chi connectivity index (χ2v) is 5.79. The molecule has 2 heteroatoms. The van der Waals surface area contributed by atoms with E-state index < -0.39 is 0 Å². The Balaban J connectivity index is 0.000000477. The maximum absolute atomic E-state index is 4.25. The molecule has 2 nitrogen and oxygen atoms in total. The summed E-state index contributed by atoms with van der Waals surface area (Å²) >= 11 is 0. The van der Waals surface area contributed by atoms with Crippen molar-refractivity contribution in [2.24, 2.45) is 5.92 Å². The molecular formula is C21H31NO. The van der Waals surface area contributed by atoms with Crippen molar-refractivity contribution in [1.29, 1.82) is 0 Å². The lowest BCUT2D eigenvalue weighted by atomic mass is 9.73. The molecule has 0 fully saturated rings. The number of hydrogen-bond acceptors (Lipinski definition) is 2. The van der Waals surface area contributed by atoms with Crippen molar-refractivity contribution >= 4 is 0 Å². The van der Waals surface area contributed by atoms with Gasteiger partial charge in [0.2, 0.25) is 0 Å². The van der Waals surface area contributed by atoms with Gasteiger partial charge in [0.25, 0.3) is 0 Å². The Morgan fingerprint density at radius 3 is 2.43 bits per heavy atom. The topological polar surface area (TPSA) is 22.1 Å². The minimum Gasteiger partial charge on any atom is -0.388 e. The van der Waals surface area contributed by atoms with Crippen molar-refractivity contribution in [3.63, 3.8) is 0 Å². The Morgan fingerprint density at radius 2 is 1.78 bits per heavy atom. The van der Waals surface area contributed by atoms with E-state index in [0.717, 1.165) is 12.3 Å². The lowest BCUT2D eigenvalue weighted by molar-refractivity contribution is 0.277. The third kappa shape index (κ3) is 5.80. The van der Waals surface area contributed by atoms with E-state index in [1.54, 1.807) is 25.3 Å². The van der Waals surface area contributed by atoms with E-state index in [0.29, 0.717) is 5.92 Å². The van der Waals surface area contributed by atoms with E-state index in [2.05, 4.69) is 47.0 Å². The number of benzene rings is 1. The van der Waals surface area contributed by atoms with Crippen molar-refractivity contribution in [2.75, 3.05) is 14.2 Å². The molecule has 0 bridgehead atoms. The number of pyridine rings is 1. The summed E-state index contributed by atoms with van der Waals surface area (Å²) in [6.45, 7) is 6.39. The number of ether oxygens (including phenoxy) is 1. The number of methoxy groups -OCH3 is 1. The fourth-order valence-corrected chi connectivity index (χ4v) is 3.10. The summed E-state index contributed by atoms with van der Waals surface area (Å²) in [4.78, 5) is 4.23. The molecule has 0 spiro atoms. The van der Waals surface area contributed by atoms with Gasteiger partial charge in [0.1, 0.15) is 0 Å². The third-order valence-electron chi connectivity index (χ3n) is 4.19. The van der Waals surface area contributed by atoms with Gasteiger partial charge in [-0.25, -0.2) is 0 Å². The average molecular weight is 313 g/mol. The van der Waals surface area contributed by atoms with E-state index in [9.17, 15) is 0 Å². The summed E-state index contributed by atoms with van der Waals surface area (Å²) in [5, 5.41) is 0. The van der Waals surface area contributed by atoms with Crippen molar-refractivity contribution in [3.05, 3.63) is 65.5 Å². The molecule has 1 aromatic carbocycles. The summed E-state index contributed by atoms with van der Waals surface area (Å²) in [5.74, 6) is 1.42. The highest BCUT2D eigenvalue weighted by Crippen LogP contribution is 2.37. The molecule has 23 heavy (non-hydrogen) atoms. The molecule has 1 heterocycles. The van der Waals surface area contributed by atoms with Crippen molar-refractivity contribution < 1.29 is 4.74 Å². The van der Waals surface area contributed by atoms with Crippen LogP contribution in [0.25, 0.3) is 0 Å². The lowest BCUT2D eigenvalue weighted by Gasteiger charge is -2.31. The quantitative estimate of drug-likeness (QED) is 0.752. The Kier molecular flexibility index (Phi) is 9.23. The van der Waals surface area contributed by atoms with Crippen LogP contribution in [0.1, 0.15) is 49.8 Å². The van der Waals surface area contributed by atoms with Crippen LogP contribution in [-0.2, 0) is 17.6 Å². The highest BCUT2D eigenvalue weighted by atomic mass is 16.4. The maximum atomic E-state index is 4.25. The SMILES string of the molecule is CC.CC1CCc2ccccc2C1Cc1cccnc1.COC. The van der Waals surface area contributed by atoms with E-state index >= 15 is 0 Å². The molecule has 1 aliphatic carbocycles. The molecule has 0 saturated carbocycles. The second-order valence-electron chi connectivity index (χ2n) is 5.79. The smallest absolute Gasteiger partial charge is 0.0351 e. The lowest BCUT2D eigenvalue weighted by Crippen LogP contribution is -2.20. The Bertz CT molecular complexity index is 539. The standard InChI is InChI=1S/C17H19N.C2H6O.C2H6/c1-13-8-9-15-6-2-3-7-16(15)17(13)11-14-5-4-10-18-12-14;1-3-2;1-2/h2-7,10,12-13,17H,8-9,11H2,1H3;1-2H3;1-2H3. The molecule has 2 atom stereocenters. The molecule has 0 aliphatic heterocycles. The first-order chi connectivity index (χ1) is 11.3. The van der Waals surface area contributed by atoms with Gasteiger partial charge in [0.05, 0.1) is 0 Å². The number of hydrogen-bond donors (Lipinski definition) is 0. The van der Waals surface area contributed by atoms with E-state index in [1.807, 2.05) is 32.3 Å². The number of rotatable bonds is 2. The van der Waals surface area contributed by atoms with Gasteiger partial charge in [-0.05, 0) is 53.9 Å². The van der Waals surface area contributed by atoms with E-state index in [-0.39, 0.29) is 0 Å². The molecule has 1 aromatic heterocycles. The summed E-state index contributed by atoms with van der Waals surface area (Å²) in [7, 11) is 3.25. The van der Waals surface area contributed by atoms with Crippen LogP contribution in [0, 0.1) is 5.92 Å². The Labute approximate surface area is 141 Å². The maximum Gasteiger partial charge on any atom is 0.0351 e. The van der Waals surface area contributed by atoms with Gasteiger partial charge < -0.3 is 4.74 Å². The van der Waals surface area contributed by atoms with Gasteiger partial charge >= 0.3 is 0 Å². The summed E-state index contributed by atoms with van der Waals surface area (Å²) in [5.41, 5.74) is 4.45. The van der Waals surface area contributed by atoms with Crippen molar-refractivity contribution in [3.8, 4) is 0 Å². The zero-order valence-corrected chi connectivity index (χ0v) is 15.3. The fraction of sp³-hybridized carbons (Fsp3) is 0.476. The first kappa shape index (κ1) is 19.4. The third-order valence-corrected chi connectivity index (χ3v) is 4.19. The second kappa shape index (κ2) is 11.0. The van der Waals surface area contributed by atoms with Crippen molar-refractivity contribution in [1.82, 2.24) is 4.98 Å². The van der Waals surface area contributed by atoms with Crippen LogP contribution in [-0.4, -0.2) is 19.2 Å². The van der Waals surface area contributed by atoms with Gasteiger partial charge in [-0.3, -0.25) is 4.98 Å². The number of aryl methyl sites for hydroxylation is 1. The van der Waals surface area contributed by atoms with Crippen LogP contribution >= 0.6 is 0 Å². The van der Waals surface area contributed by atoms with Gasteiger partial charge in [-0.15, -0.1) is 0 Å². The molecule has 2 aromatic rings. The van der Waals surface area contributed by atoms with Crippen LogP contribution in [0.15, 0.2) is 48.8 Å². The van der Waals surface area contributed by atoms with Crippen LogP contribution in [0.5, 0.6) is 0 Å². The van der Waals surface area contributed by atoms with E-state index in [1.165, 1.54) is 18.4 Å². The average Bonchev–Trinajstić information content (AvgIpc) is 2.61. The Morgan fingerprint density at radius 1 is 1.09 bits per heavy atom. The molecule has 1 aliphatic rings. The van der Waals surface area contributed by atoms with Crippen LogP contribution in [0.3, 0.4) is 0 Å². The molecule has 0 saturated heterocycles. The molecule has 3 rings (SSSR count). The van der Waals surface area contributed by atoms with E-state index in [4.69, 9.17) is 0 Å².